The van der Waals surface area contributed by atoms with E-state index in [1.807, 2.05) is 30.3 Å². The highest BCUT2D eigenvalue weighted by Crippen LogP contribution is 2.38. The Kier molecular flexibility index (Phi) is 4.06. The van der Waals surface area contributed by atoms with Gasteiger partial charge in [0.2, 0.25) is 0 Å². The van der Waals surface area contributed by atoms with E-state index in [4.69, 9.17) is 4.74 Å². The van der Waals surface area contributed by atoms with Crippen LogP contribution in [0, 0.1) is 5.92 Å². The Balaban J connectivity index is 1.54. The van der Waals surface area contributed by atoms with Crippen molar-refractivity contribution >= 4 is 5.97 Å². The highest BCUT2D eigenvalue weighted by Gasteiger charge is 2.40. The summed E-state index contributed by atoms with van der Waals surface area (Å²) in [7, 11) is 0. The highest BCUT2D eigenvalue weighted by molar-refractivity contribution is 5.72. The molecule has 3 rings (SSSR count). The molecule has 2 unspecified atom stereocenters. The van der Waals surface area contributed by atoms with E-state index in [9.17, 15) is 4.79 Å². The lowest BCUT2D eigenvalue weighted by Gasteiger charge is -2.37. The maximum Gasteiger partial charge on any atom is 0.309 e. The zero-order valence-electron chi connectivity index (χ0n) is 11.9. The van der Waals surface area contributed by atoms with E-state index in [0.29, 0.717) is 6.61 Å². The number of hydrogen-bond donors (Lipinski definition) is 1. The molecule has 2 atom stereocenters. The minimum Gasteiger partial charge on any atom is -0.461 e. The monoisotopic (exact) mass is 273 g/mol. The van der Waals surface area contributed by atoms with Crippen LogP contribution in [-0.2, 0) is 16.1 Å². The molecule has 3 nitrogen and oxygen atoms in total. The molecular formula is C17H23NO2. The first kappa shape index (κ1) is 13.6. The Morgan fingerprint density at radius 2 is 2.05 bits per heavy atom. The molecule has 1 saturated carbocycles. The number of benzene rings is 1. The third-order valence-electron chi connectivity index (χ3n) is 4.73. The second-order valence-electron chi connectivity index (χ2n) is 6.20. The van der Waals surface area contributed by atoms with Gasteiger partial charge in [-0.25, -0.2) is 0 Å². The molecule has 0 bridgehead atoms. The summed E-state index contributed by atoms with van der Waals surface area (Å²) in [6, 6.07) is 9.91. The van der Waals surface area contributed by atoms with E-state index in [2.05, 4.69) is 5.32 Å². The van der Waals surface area contributed by atoms with Gasteiger partial charge >= 0.3 is 5.97 Å². The number of hydrogen-bond acceptors (Lipinski definition) is 3. The summed E-state index contributed by atoms with van der Waals surface area (Å²) < 4.78 is 5.50. The van der Waals surface area contributed by atoms with Crippen molar-refractivity contribution in [2.75, 3.05) is 6.54 Å². The molecule has 3 heteroatoms. The van der Waals surface area contributed by atoms with Crippen LogP contribution in [0.2, 0.25) is 0 Å². The lowest BCUT2D eigenvalue weighted by molar-refractivity contribution is -0.152. The lowest BCUT2D eigenvalue weighted by atomic mass is 9.75. The Morgan fingerprint density at radius 3 is 2.80 bits per heavy atom. The third kappa shape index (κ3) is 3.04. The minimum atomic E-state index is -0.0124. The first-order chi connectivity index (χ1) is 9.77. The zero-order valence-corrected chi connectivity index (χ0v) is 11.9. The quantitative estimate of drug-likeness (QED) is 0.860. The fraction of sp³-hybridized carbons (Fsp3) is 0.588. The van der Waals surface area contributed by atoms with E-state index >= 15 is 0 Å². The SMILES string of the molecule is O=C(OCc1ccccc1)C1CCCC2(CCCN2)C1. The maximum atomic E-state index is 12.3. The largest absolute Gasteiger partial charge is 0.461 e. The van der Waals surface area contributed by atoms with E-state index in [1.54, 1.807) is 0 Å². The van der Waals surface area contributed by atoms with E-state index in [0.717, 1.165) is 31.4 Å². The van der Waals surface area contributed by atoms with Crippen LogP contribution in [0.3, 0.4) is 0 Å². The smallest absolute Gasteiger partial charge is 0.309 e. The van der Waals surface area contributed by atoms with Crippen molar-refractivity contribution in [3.05, 3.63) is 35.9 Å². The van der Waals surface area contributed by atoms with E-state index < -0.39 is 0 Å². The Bertz CT molecular complexity index is 451. The van der Waals surface area contributed by atoms with Crippen molar-refractivity contribution in [3.8, 4) is 0 Å². The van der Waals surface area contributed by atoms with Gasteiger partial charge in [0.25, 0.3) is 0 Å². The topological polar surface area (TPSA) is 38.3 Å². The number of rotatable bonds is 3. The molecular weight excluding hydrogens is 250 g/mol. The molecule has 1 aliphatic heterocycles. The Morgan fingerprint density at radius 1 is 1.25 bits per heavy atom. The fourth-order valence-corrected chi connectivity index (χ4v) is 3.67. The van der Waals surface area contributed by atoms with E-state index in [-0.39, 0.29) is 17.4 Å². The van der Waals surface area contributed by atoms with Gasteiger partial charge in [0.15, 0.2) is 0 Å². The van der Waals surface area contributed by atoms with Gasteiger partial charge in [-0.1, -0.05) is 36.8 Å². The van der Waals surface area contributed by atoms with Crippen molar-refractivity contribution in [2.24, 2.45) is 5.92 Å². The van der Waals surface area contributed by atoms with E-state index in [1.165, 1.54) is 19.3 Å². The molecule has 1 saturated heterocycles. The predicted octanol–water partition coefficient (Wildman–Crippen LogP) is 3.04. The molecule has 1 aromatic rings. The second-order valence-corrected chi connectivity index (χ2v) is 6.20. The third-order valence-corrected chi connectivity index (χ3v) is 4.73. The molecule has 0 amide bonds. The molecule has 1 aromatic carbocycles. The number of esters is 1. The van der Waals surface area contributed by atoms with Gasteiger partial charge in [0, 0.05) is 5.54 Å². The first-order valence-electron chi connectivity index (χ1n) is 7.73. The van der Waals surface area contributed by atoms with Crippen LogP contribution in [0.1, 0.15) is 44.1 Å². The van der Waals surface area contributed by atoms with Gasteiger partial charge in [-0.05, 0) is 44.2 Å². The van der Waals surface area contributed by atoms with Crippen LogP contribution < -0.4 is 5.32 Å². The summed E-state index contributed by atoms with van der Waals surface area (Å²) in [5.74, 6) is 0.0692. The molecule has 20 heavy (non-hydrogen) atoms. The minimum absolute atomic E-state index is 0.0124. The average Bonchev–Trinajstić information content (AvgIpc) is 2.93. The van der Waals surface area contributed by atoms with Gasteiger partial charge in [-0.2, -0.15) is 0 Å². The number of nitrogens with one attached hydrogen (secondary N) is 1. The molecule has 2 aliphatic rings. The lowest BCUT2D eigenvalue weighted by Crippen LogP contribution is -2.45. The number of carbonyl (C=O) groups excluding carboxylic acids is 1. The van der Waals surface area contributed by atoms with Crippen LogP contribution in [0.25, 0.3) is 0 Å². The molecule has 108 valence electrons. The van der Waals surface area contributed by atoms with Crippen LogP contribution >= 0.6 is 0 Å². The molecule has 1 heterocycles. The standard InChI is InChI=1S/C17H23NO2/c19-16(20-13-14-6-2-1-3-7-14)15-8-4-9-17(12-15)10-5-11-18-17/h1-3,6-7,15,18H,4-5,8-13H2. The van der Waals surface area contributed by atoms with Crippen LogP contribution in [0.15, 0.2) is 30.3 Å². The van der Waals surface area contributed by atoms with Gasteiger partial charge in [0.05, 0.1) is 5.92 Å². The highest BCUT2D eigenvalue weighted by atomic mass is 16.5. The Hall–Kier alpha value is -1.35. The fourth-order valence-electron chi connectivity index (χ4n) is 3.67. The summed E-state index contributed by atoms with van der Waals surface area (Å²) in [6.45, 7) is 1.50. The van der Waals surface area contributed by atoms with Crippen LogP contribution in [0.4, 0.5) is 0 Å². The summed E-state index contributed by atoms with van der Waals surface area (Å²) in [5.41, 5.74) is 1.29. The van der Waals surface area contributed by atoms with Crippen molar-refractivity contribution < 1.29 is 9.53 Å². The van der Waals surface area contributed by atoms with Crippen molar-refractivity contribution in [3.63, 3.8) is 0 Å². The van der Waals surface area contributed by atoms with Gasteiger partial charge < -0.3 is 10.1 Å². The first-order valence-corrected chi connectivity index (χ1v) is 7.73. The van der Waals surface area contributed by atoms with Crippen LogP contribution in [-0.4, -0.2) is 18.1 Å². The number of carbonyl (C=O) groups is 1. The summed E-state index contributed by atoms with van der Waals surface area (Å²) >= 11 is 0. The Labute approximate surface area is 120 Å². The zero-order chi connectivity index (χ0) is 13.8. The van der Waals surface area contributed by atoms with Gasteiger partial charge in [-0.3, -0.25) is 4.79 Å². The molecule has 2 fully saturated rings. The van der Waals surface area contributed by atoms with Crippen molar-refractivity contribution in [1.29, 1.82) is 0 Å². The average molecular weight is 273 g/mol. The summed E-state index contributed by atoms with van der Waals surface area (Å²) in [6.07, 6.45) is 6.76. The predicted molar refractivity (Wildman–Crippen MR) is 78.2 cm³/mol. The van der Waals surface area contributed by atoms with Gasteiger partial charge in [0.1, 0.15) is 6.61 Å². The summed E-state index contributed by atoms with van der Waals surface area (Å²) in [4.78, 5) is 12.3. The van der Waals surface area contributed by atoms with Crippen molar-refractivity contribution in [1.82, 2.24) is 5.32 Å². The number of ether oxygens (including phenoxy) is 1. The molecule has 1 aliphatic carbocycles. The van der Waals surface area contributed by atoms with Crippen molar-refractivity contribution in [2.45, 2.75) is 50.7 Å². The maximum absolute atomic E-state index is 12.3. The molecule has 1 N–H and O–H groups in total. The molecule has 0 radical (unpaired) electrons. The normalized spacial score (nSPS) is 29.5. The molecule has 0 aromatic heterocycles. The second kappa shape index (κ2) is 5.96. The van der Waals surface area contributed by atoms with Crippen LogP contribution in [0.5, 0.6) is 0 Å². The molecule has 1 spiro atoms. The summed E-state index contributed by atoms with van der Waals surface area (Å²) in [5, 5.41) is 3.62. The van der Waals surface area contributed by atoms with Gasteiger partial charge in [-0.15, -0.1) is 0 Å².